The summed E-state index contributed by atoms with van der Waals surface area (Å²) >= 11 is 3.54. The number of carbonyl (C=O) groups is 1. The molecular formula is C24H27BrN2O3. The van der Waals surface area contributed by atoms with Crippen LogP contribution in [0.5, 0.6) is 11.5 Å². The lowest BCUT2D eigenvalue weighted by atomic mass is 9.89. The van der Waals surface area contributed by atoms with Crippen LogP contribution < -0.4 is 9.47 Å². The van der Waals surface area contributed by atoms with Crippen molar-refractivity contribution in [3.05, 3.63) is 58.2 Å². The van der Waals surface area contributed by atoms with Gasteiger partial charge >= 0.3 is 0 Å². The van der Waals surface area contributed by atoms with Gasteiger partial charge in [0.15, 0.2) is 11.5 Å². The van der Waals surface area contributed by atoms with E-state index in [-0.39, 0.29) is 5.91 Å². The molecule has 0 spiro atoms. The third-order valence-electron chi connectivity index (χ3n) is 5.77. The van der Waals surface area contributed by atoms with Crippen molar-refractivity contribution >= 4 is 32.7 Å². The number of hydrogen-bond acceptors (Lipinski definition) is 3. The number of carbonyl (C=O) groups excluding carboxylic acids is 1. The molecule has 2 aromatic carbocycles. The van der Waals surface area contributed by atoms with Crippen LogP contribution in [0, 0.1) is 0 Å². The number of aromatic amines is 1. The van der Waals surface area contributed by atoms with Gasteiger partial charge < -0.3 is 19.4 Å². The van der Waals surface area contributed by atoms with Crippen LogP contribution in [0.25, 0.3) is 10.9 Å². The molecule has 0 radical (unpaired) electrons. The highest BCUT2D eigenvalue weighted by Crippen LogP contribution is 2.38. The molecule has 1 aromatic heterocycles. The molecule has 0 saturated carbocycles. The van der Waals surface area contributed by atoms with Gasteiger partial charge in [-0.25, -0.2) is 0 Å². The third kappa shape index (κ3) is 4.06. The lowest BCUT2D eigenvalue weighted by Crippen LogP contribution is -2.37. The van der Waals surface area contributed by atoms with Crippen molar-refractivity contribution in [2.45, 2.75) is 32.1 Å². The van der Waals surface area contributed by atoms with Crippen LogP contribution in [0.2, 0.25) is 0 Å². The van der Waals surface area contributed by atoms with Crippen LogP contribution in [0.15, 0.2) is 47.1 Å². The molecule has 1 amide bonds. The van der Waals surface area contributed by atoms with Gasteiger partial charge in [-0.15, -0.1) is 0 Å². The molecule has 0 unspecified atom stereocenters. The van der Waals surface area contributed by atoms with Gasteiger partial charge in [0.05, 0.1) is 18.2 Å². The molecule has 1 saturated heterocycles. The third-order valence-corrected chi connectivity index (χ3v) is 6.36. The molecule has 1 aliphatic heterocycles. The quantitative estimate of drug-likeness (QED) is 0.498. The molecule has 2 heterocycles. The lowest BCUT2D eigenvalue weighted by Gasteiger charge is -2.32. The van der Waals surface area contributed by atoms with Gasteiger partial charge in [0.25, 0.3) is 5.91 Å². The minimum absolute atomic E-state index is 0.0356. The number of nitrogens with one attached hydrogen (secondary N) is 1. The summed E-state index contributed by atoms with van der Waals surface area (Å²) in [7, 11) is 1.60. The number of fused-ring (bicyclic) bond motifs is 1. The highest BCUT2D eigenvalue weighted by molar-refractivity contribution is 9.10. The number of likely N-dealkylation sites (tertiary alicyclic amines) is 1. The number of ether oxygens (including phenoxy) is 2. The average Bonchev–Trinajstić information content (AvgIpc) is 3.21. The Morgan fingerprint density at radius 1 is 1.23 bits per heavy atom. The van der Waals surface area contributed by atoms with Gasteiger partial charge in [0, 0.05) is 35.8 Å². The van der Waals surface area contributed by atoms with Gasteiger partial charge in [-0.05, 0) is 64.9 Å². The van der Waals surface area contributed by atoms with Crippen LogP contribution >= 0.6 is 15.9 Å². The zero-order valence-corrected chi connectivity index (χ0v) is 19.0. The first-order valence-electron chi connectivity index (χ1n) is 10.5. The van der Waals surface area contributed by atoms with Gasteiger partial charge in [-0.1, -0.05) is 25.1 Å². The second kappa shape index (κ2) is 9.13. The number of halogens is 1. The molecule has 1 N–H and O–H groups in total. The summed E-state index contributed by atoms with van der Waals surface area (Å²) in [5, 5.41) is 1.29. The minimum atomic E-state index is 0.0356. The van der Waals surface area contributed by atoms with Crippen LogP contribution in [-0.2, 0) is 0 Å². The number of benzene rings is 2. The number of amides is 1. The van der Waals surface area contributed by atoms with E-state index in [1.807, 2.05) is 11.0 Å². The molecule has 6 heteroatoms. The second-order valence-electron chi connectivity index (χ2n) is 7.69. The number of methoxy groups -OCH3 is 1. The Bertz CT molecular complexity index is 1040. The molecular weight excluding hydrogens is 444 g/mol. The Balaban J connectivity index is 1.47. The molecule has 158 valence electrons. The van der Waals surface area contributed by atoms with Crippen LogP contribution in [0.4, 0.5) is 0 Å². The van der Waals surface area contributed by atoms with Crippen LogP contribution in [0.3, 0.4) is 0 Å². The largest absolute Gasteiger partial charge is 0.493 e. The van der Waals surface area contributed by atoms with E-state index in [2.05, 4.69) is 58.3 Å². The first-order chi connectivity index (χ1) is 14.6. The summed E-state index contributed by atoms with van der Waals surface area (Å²) in [6.45, 7) is 4.15. The molecule has 0 atom stereocenters. The van der Waals surface area contributed by atoms with Gasteiger partial charge in [0.1, 0.15) is 0 Å². The summed E-state index contributed by atoms with van der Waals surface area (Å²) in [6.07, 6.45) is 4.96. The Kier molecular flexibility index (Phi) is 6.32. The number of aromatic nitrogens is 1. The summed E-state index contributed by atoms with van der Waals surface area (Å²) in [6, 6.07) is 12.0. The number of hydrogen-bond donors (Lipinski definition) is 1. The molecule has 30 heavy (non-hydrogen) atoms. The summed E-state index contributed by atoms with van der Waals surface area (Å²) < 4.78 is 12.0. The van der Waals surface area contributed by atoms with E-state index >= 15 is 0 Å². The van der Waals surface area contributed by atoms with Crippen molar-refractivity contribution in [1.29, 1.82) is 0 Å². The predicted molar refractivity (Wildman–Crippen MR) is 123 cm³/mol. The minimum Gasteiger partial charge on any atom is -0.493 e. The summed E-state index contributed by atoms with van der Waals surface area (Å²) in [4.78, 5) is 18.5. The van der Waals surface area contributed by atoms with Crippen molar-refractivity contribution in [2.24, 2.45) is 0 Å². The maximum Gasteiger partial charge on any atom is 0.254 e. The van der Waals surface area contributed by atoms with E-state index < -0.39 is 0 Å². The smallest absolute Gasteiger partial charge is 0.254 e. The SMILES string of the molecule is CCCOc1c(Br)cc(C(=O)N2CCC(c3c[nH]c4ccccc34)CC2)cc1OC. The van der Waals surface area contributed by atoms with Crippen molar-refractivity contribution in [1.82, 2.24) is 9.88 Å². The number of rotatable bonds is 6. The fourth-order valence-electron chi connectivity index (χ4n) is 4.20. The highest BCUT2D eigenvalue weighted by Gasteiger charge is 2.27. The summed E-state index contributed by atoms with van der Waals surface area (Å²) in [5.41, 5.74) is 3.15. The van der Waals surface area contributed by atoms with E-state index in [1.165, 1.54) is 16.5 Å². The molecule has 0 bridgehead atoms. The first-order valence-corrected chi connectivity index (χ1v) is 11.3. The Labute approximate surface area is 185 Å². The van der Waals surface area contributed by atoms with Crippen molar-refractivity contribution in [3.8, 4) is 11.5 Å². The van der Waals surface area contributed by atoms with E-state index in [9.17, 15) is 4.79 Å². The molecule has 1 fully saturated rings. The first kappa shape index (κ1) is 20.8. The molecule has 5 nitrogen and oxygen atoms in total. The fourth-order valence-corrected chi connectivity index (χ4v) is 4.75. The standard InChI is InChI=1S/C24H27BrN2O3/c1-3-12-30-23-20(25)13-17(14-22(23)29-2)24(28)27-10-8-16(9-11-27)19-15-26-21-7-5-4-6-18(19)21/h4-7,13-16,26H,3,8-12H2,1-2H3. The van der Waals surface area contributed by atoms with Gasteiger partial charge in [-0.2, -0.15) is 0 Å². The van der Waals surface area contributed by atoms with Gasteiger partial charge in [0.2, 0.25) is 0 Å². The number of para-hydroxylation sites is 1. The molecule has 4 rings (SSSR count). The van der Waals surface area contributed by atoms with Crippen molar-refractivity contribution in [2.75, 3.05) is 26.8 Å². The zero-order valence-electron chi connectivity index (χ0n) is 17.4. The van der Waals surface area contributed by atoms with Crippen LogP contribution in [0.1, 0.15) is 48.0 Å². The molecule has 0 aliphatic carbocycles. The highest BCUT2D eigenvalue weighted by atomic mass is 79.9. The predicted octanol–water partition coefficient (Wildman–Crippen LogP) is 5.75. The zero-order chi connectivity index (χ0) is 21.1. The maximum atomic E-state index is 13.2. The Hall–Kier alpha value is -2.47. The number of nitrogens with zero attached hydrogens (tertiary/aromatic N) is 1. The van der Waals surface area contributed by atoms with Crippen LogP contribution in [-0.4, -0.2) is 42.6 Å². The molecule has 3 aromatic rings. The Morgan fingerprint density at radius 3 is 2.73 bits per heavy atom. The van der Waals surface area contributed by atoms with Crippen molar-refractivity contribution < 1.29 is 14.3 Å². The molecule has 1 aliphatic rings. The monoisotopic (exact) mass is 470 g/mol. The van der Waals surface area contributed by atoms with Gasteiger partial charge in [-0.3, -0.25) is 4.79 Å². The van der Waals surface area contributed by atoms with E-state index in [1.54, 1.807) is 13.2 Å². The average molecular weight is 471 g/mol. The summed E-state index contributed by atoms with van der Waals surface area (Å²) in [5.74, 6) is 1.73. The van der Waals surface area contributed by atoms with E-state index in [4.69, 9.17) is 9.47 Å². The maximum absolute atomic E-state index is 13.2. The fraction of sp³-hybridized carbons (Fsp3) is 0.375. The van der Waals surface area contributed by atoms with E-state index in [0.717, 1.165) is 36.8 Å². The van der Waals surface area contributed by atoms with Crippen molar-refractivity contribution in [3.63, 3.8) is 0 Å². The topological polar surface area (TPSA) is 54.6 Å². The van der Waals surface area contributed by atoms with E-state index in [0.29, 0.717) is 29.6 Å². The number of piperidine rings is 1. The normalized spacial score (nSPS) is 14.8. The lowest BCUT2D eigenvalue weighted by molar-refractivity contribution is 0.0713. The Morgan fingerprint density at radius 2 is 2.00 bits per heavy atom. The second-order valence-corrected chi connectivity index (χ2v) is 8.55. The number of H-pyrrole nitrogens is 1.